The molecular formula is C17H14N2O4. The van der Waals surface area contributed by atoms with Crippen LogP contribution in [0.15, 0.2) is 49.1 Å². The molecule has 3 aromatic rings. The van der Waals surface area contributed by atoms with Crippen molar-refractivity contribution in [1.82, 2.24) is 9.97 Å². The molecule has 6 nitrogen and oxygen atoms in total. The molecule has 2 heterocycles. The monoisotopic (exact) mass is 310 g/mol. The first-order valence-electron chi connectivity index (χ1n) is 7.46. The smallest absolute Gasteiger partial charge is 0.337 e. The van der Waals surface area contributed by atoms with Crippen molar-refractivity contribution in [3.8, 4) is 0 Å². The number of rotatable bonds is 2. The minimum Gasteiger partial charge on any atom is -0.405 e. The van der Waals surface area contributed by atoms with Crippen molar-refractivity contribution in [2.45, 2.75) is 19.3 Å². The Balaban J connectivity index is 1.77. The molecule has 4 rings (SSSR count). The van der Waals surface area contributed by atoms with Crippen LogP contribution in [0.3, 0.4) is 0 Å². The summed E-state index contributed by atoms with van der Waals surface area (Å²) in [5.41, 5.74) is 1.40. The molecule has 0 aliphatic heterocycles. The Morgan fingerprint density at radius 2 is 1.74 bits per heavy atom. The maximum atomic E-state index is 12.1. The second-order valence-corrected chi connectivity index (χ2v) is 5.95. The summed E-state index contributed by atoms with van der Waals surface area (Å²) < 4.78 is 4.96. The number of H-pyrrole nitrogens is 2. The van der Waals surface area contributed by atoms with Crippen molar-refractivity contribution in [1.29, 1.82) is 0 Å². The van der Waals surface area contributed by atoms with Crippen LogP contribution in [-0.4, -0.2) is 9.97 Å². The van der Waals surface area contributed by atoms with Crippen LogP contribution < -0.4 is 16.9 Å². The van der Waals surface area contributed by atoms with Gasteiger partial charge in [0.1, 0.15) is 5.39 Å². The third kappa shape index (κ3) is 2.42. The van der Waals surface area contributed by atoms with E-state index >= 15 is 0 Å². The summed E-state index contributed by atoms with van der Waals surface area (Å²) in [5.74, 6) is 0.323. The van der Waals surface area contributed by atoms with Crippen LogP contribution in [-0.2, 0) is 19.3 Å². The molecule has 0 spiro atoms. The lowest BCUT2D eigenvalue weighted by atomic mass is 9.96. The highest BCUT2D eigenvalue weighted by Crippen LogP contribution is 2.29. The number of hydrogen-bond acceptors (Lipinski definition) is 4. The molecule has 0 fully saturated rings. The molecular weight excluding hydrogens is 296 g/mol. The van der Waals surface area contributed by atoms with Crippen LogP contribution in [0.4, 0.5) is 0 Å². The summed E-state index contributed by atoms with van der Waals surface area (Å²) in [7, 11) is 0. The van der Waals surface area contributed by atoms with Crippen LogP contribution in [0, 0.1) is 5.92 Å². The van der Waals surface area contributed by atoms with E-state index in [0.717, 1.165) is 12.8 Å². The third-order valence-electron chi connectivity index (χ3n) is 4.37. The molecule has 0 atom stereocenters. The molecule has 2 aromatic heterocycles. The van der Waals surface area contributed by atoms with Gasteiger partial charge < -0.3 is 4.42 Å². The van der Waals surface area contributed by atoms with Crippen molar-refractivity contribution < 1.29 is 4.42 Å². The zero-order chi connectivity index (χ0) is 16.0. The van der Waals surface area contributed by atoms with Crippen LogP contribution >= 0.6 is 0 Å². The average molecular weight is 310 g/mol. The fourth-order valence-corrected chi connectivity index (χ4v) is 3.44. The van der Waals surface area contributed by atoms with E-state index in [2.05, 4.69) is 22.1 Å². The summed E-state index contributed by atoms with van der Waals surface area (Å²) in [6.45, 7) is 0. The van der Waals surface area contributed by atoms with Crippen LogP contribution in [0.1, 0.15) is 16.7 Å². The maximum absolute atomic E-state index is 12.1. The van der Waals surface area contributed by atoms with E-state index in [9.17, 15) is 14.4 Å². The summed E-state index contributed by atoms with van der Waals surface area (Å²) in [6, 6.07) is 9.60. The quantitative estimate of drug-likeness (QED) is 0.741. The molecule has 0 saturated carbocycles. The second-order valence-electron chi connectivity index (χ2n) is 5.95. The zero-order valence-electron chi connectivity index (χ0n) is 12.2. The van der Waals surface area contributed by atoms with E-state index in [-0.39, 0.29) is 11.1 Å². The molecule has 0 unspecified atom stereocenters. The fourth-order valence-electron chi connectivity index (χ4n) is 3.44. The molecule has 0 bridgehead atoms. The minimum atomic E-state index is -0.684. The first-order chi connectivity index (χ1) is 11.1. The Morgan fingerprint density at radius 3 is 2.43 bits per heavy atom. The predicted octanol–water partition coefficient (Wildman–Crippen LogP) is 1.13. The van der Waals surface area contributed by atoms with Gasteiger partial charge in [0.2, 0.25) is 5.71 Å². The highest BCUT2D eigenvalue weighted by molar-refractivity contribution is 5.75. The van der Waals surface area contributed by atoms with Gasteiger partial charge in [-0.25, -0.2) is 9.59 Å². The van der Waals surface area contributed by atoms with Gasteiger partial charge in [0.25, 0.3) is 5.56 Å². The molecule has 6 heteroatoms. The molecule has 1 aliphatic carbocycles. The van der Waals surface area contributed by atoms with E-state index in [0.29, 0.717) is 17.9 Å². The lowest BCUT2D eigenvalue weighted by Gasteiger charge is -2.10. The van der Waals surface area contributed by atoms with E-state index in [1.54, 1.807) is 0 Å². The summed E-state index contributed by atoms with van der Waals surface area (Å²) in [6.07, 6.45) is 2.42. The molecule has 1 aliphatic rings. The van der Waals surface area contributed by atoms with Gasteiger partial charge in [0, 0.05) is 6.07 Å². The van der Waals surface area contributed by atoms with Crippen molar-refractivity contribution >= 4 is 11.1 Å². The van der Waals surface area contributed by atoms with Gasteiger partial charge in [-0.05, 0) is 41.9 Å². The maximum Gasteiger partial charge on any atom is 0.337 e. The largest absolute Gasteiger partial charge is 0.405 e. The molecule has 23 heavy (non-hydrogen) atoms. The van der Waals surface area contributed by atoms with Crippen molar-refractivity contribution in [3.05, 3.63) is 78.3 Å². The molecule has 0 saturated heterocycles. The van der Waals surface area contributed by atoms with E-state index in [1.165, 1.54) is 17.2 Å². The first kappa shape index (κ1) is 13.8. The van der Waals surface area contributed by atoms with Gasteiger partial charge in [-0.15, -0.1) is 0 Å². The number of aromatic nitrogens is 2. The minimum absolute atomic E-state index is 0.0586. The lowest BCUT2D eigenvalue weighted by molar-refractivity contribution is 0.531. The van der Waals surface area contributed by atoms with Gasteiger partial charge in [-0.3, -0.25) is 14.8 Å². The van der Waals surface area contributed by atoms with Gasteiger partial charge in [0.15, 0.2) is 0 Å². The SMILES string of the molecule is O=c1[nH]c(=O)c2c(CC3Cc4ccccc4C3)cc(=O)oc2[nH]1. The summed E-state index contributed by atoms with van der Waals surface area (Å²) in [5, 5.41) is 0.250. The highest BCUT2D eigenvalue weighted by atomic mass is 16.4. The predicted molar refractivity (Wildman–Crippen MR) is 84.8 cm³/mol. The standard InChI is InChI=1S/C17H14N2O4/c20-13-8-12(14-15(21)18-17(22)19-16(14)23-13)7-9-5-10-3-1-2-4-11(10)6-9/h1-4,8-9H,5-7H2,(H2,18,19,21,22). The molecule has 116 valence electrons. The van der Waals surface area contributed by atoms with Gasteiger partial charge >= 0.3 is 11.3 Å². The summed E-state index contributed by atoms with van der Waals surface area (Å²) >= 11 is 0. The third-order valence-corrected chi connectivity index (χ3v) is 4.37. The zero-order valence-corrected chi connectivity index (χ0v) is 12.2. The fraction of sp³-hybridized carbons (Fsp3) is 0.235. The van der Waals surface area contributed by atoms with E-state index < -0.39 is 16.9 Å². The Morgan fingerprint density at radius 1 is 1.04 bits per heavy atom. The van der Waals surface area contributed by atoms with Gasteiger partial charge in [0.05, 0.1) is 0 Å². The Hall–Kier alpha value is -2.89. The Labute approximate surface area is 129 Å². The van der Waals surface area contributed by atoms with Crippen molar-refractivity contribution in [2.24, 2.45) is 5.92 Å². The van der Waals surface area contributed by atoms with E-state index in [4.69, 9.17) is 4.42 Å². The molecule has 1 aromatic carbocycles. The van der Waals surface area contributed by atoms with Crippen LogP contribution in [0.2, 0.25) is 0 Å². The lowest BCUT2D eigenvalue weighted by Crippen LogP contribution is -2.24. The average Bonchev–Trinajstić information content (AvgIpc) is 2.87. The Kier molecular flexibility index (Phi) is 3.04. The first-order valence-corrected chi connectivity index (χ1v) is 7.46. The topological polar surface area (TPSA) is 95.9 Å². The normalized spacial score (nSPS) is 14.3. The molecule has 0 amide bonds. The van der Waals surface area contributed by atoms with Crippen molar-refractivity contribution in [2.75, 3.05) is 0 Å². The highest BCUT2D eigenvalue weighted by Gasteiger charge is 2.23. The number of nitrogens with one attached hydrogen (secondary N) is 2. The van der Waals surface area contributed by atoms with Gasteiger partial charge in [-0.2, -0.15) is 0 Å². The number of hydrogen-bond donors (Lipinski definition) is 2. The Bertz CT molecular complexity index is 1040. The van der Waals surface area contributed by atoms with Crippen molar-refractivity contribution in [3.63, 3.8) is 0 Å². The van der Waals surface area contributed by atoms with Crippen LogP contribution in [0.5, 0.6) is 0 Å². The second kappa shape index (κ2) is 5.08. The number of benzene rings is 1. The number of aromatic amines is 2. The van der Waals surface area contributed by atoms with Gasteiger partial charge in [-0.1, -0.05) is 24.3 Å². The number of fused-ring (bicyclic) bond motifs is 2. The van der Waals surface area contributed by atoms with E-state index in [1.807, 2.05) is 12.1 Å². The summed E-state index contributed by atoms with van der Waals surface area (Å²) in [4.78, 5) is 39.7. The van der Waals surface area contributed by atoms with Crippen LogP contribution in [0.25, 0.3) is 11.1 Å². The molecule has 0 radical (unpaired) electrons. The molecule has 2 N–H and O–H groups in total.